The Labute approximate surface area is 182 Å². The highest BCUT2D eigenvalue weighted by Crippen LogP contribution is 2.18. The maximum absolute atomic E-state index is 13.2. The van der Waals surface area contributed by atoms with Crippen molar-refractivity contribution in [1.82, 2.24) is 9.80 Å². The molecule has 4 rings (SSSR count). The lowest BCUT2D eigenvalue weighted by Gasteiger charge is -2.35. The van der Waals surface area contributed by atoms with E-state index < -0.39 is 0 Å². The van der Waals surface area contributed by atoms with Gasteiger partial charge in [-0.15, -0.1) is 0 Å². The molecule has 158 valence electrons. The Hall–Kier alpha value is -3.44. The smallest absolute Gasteiger partial charge is 0.254 e. The summed E-state index contributed by atoms with van der Waals surface area (Å²) in [7, 11) is 0. The number of ketones is 1. The average molecular weight is 415 g/mol. The van der Waals surface area contributed by atoms with Crippen LogP contribution in [0.3, 0.4) is 0 Å². The number of benzene rings is 3. The molecule has 0 spiro atoms. The molecule has 1 fully saturated rings. The van der Waals surface area contributed by atoms with E-state index in [4.69, 9.17) is 4.74 Å². The predicted molar refractivity (Wildman–Crippen MR) is 121 cm³/mol. The van der Waals surface area contributed by atoms with Crippen molar-refractivity contribution in [3.05, 3.63) is 102 Å². The molecule has 0 saturated carbocycles. The zero-order valence-corrected chi connectivity index (χ0v) is 17.4. The summed E-state index contributed by atoms with van der Waals surface area (Å²) in [6.07, 6.45) is 0. The zero-order valence-electron chi connectivity index (χ0n) is 17.4. The van der Waals surface area contributed by atoms with E-state index in [1.165, 1.54) is 0 Å². The van der Waals surface area contributed by atoms with Crippen LogP contribution in [0.5, 0.6) is 5.75 Å². The molecule has 1 amide bonds. The van der Waals surface area contributed by atoms with Gasteiger partial charge in [-0.1, -0.05) is 66.7 Å². The summed E-state index contributed by atoms with van der Waals surface area (Å²) in [5.74, 6) is 0.664. The number of amides is 1. The van der Waals surface area contributed by atoms with Gasteiger partial charge in [0, 0.05) is 43.9 Å². The van der Waals surface area contributed by atoms with Gasteiger partial charge >= 0.3 is 0 Å². The number of ether oxygens (including phenoxy) is 1. The molecule has 0 N–H and O–H groups in total. The van der Waals surface area contributed by atoms with Crippen molar-refractivity contribution in [2.75, 3.05) is 39.3 Å². The maximum Gasteiger partial charge on any atom is 0.254 e. The fourth-order valence-electron chi connectivity index (χ4n) is 3.77. The first kappa shape index (κ1) is 20.8. The Balaban J connectivity index is 1.34. The molecule has 3 aromatic rings. The van der Waals surface area contributed by atoms with Crippen LogP contribution in [0.4, 0.5) is 0 Å². The van der Waals surface area contributed by atoms with E-state index in [1.54, 1.807) is 30.3 Å². The van der Waals surface area contributed by atoms with Crippen LogP contribution in [-0.2, 0) is 0 Å². The number of piperazine rings is 1. The van der Waals surface area contributed by atoms with Gasteiger partial charge in [0.2, 0.25) is 0 Å². The summed E-state index contributed by atoms with van der Waals surface area (Å²) in [6.45, 7) is 4.29. The molecule has 1 aliphatic rings. The van der Waals surface area contributed by atoms with E-state index in [0.29, 0.717) is 36.4 Å². The first-order valence-corrected chi connectivity index (χ1v) is 10.6. The van der Waals surface area contributed by atoms with E-state index in [-0.39, 0.29) is 11.7 Å². The monoisotopic (exact) mass is 414 g/mol. The molecule has 1 aliphatic heterocycles. The molecule has 3 aromatic carbocycles. The van der Waals surface area contributed by atoms with Gasteiger partial charge < -0.3 is 9.64 Å². The predicted octanol–water partition coefficient (Wildman–Crippen LogP) is 3.75. The molecule has 0 aliphatic carbocycles. The molecule has 5 nitrogen and oxygen atoms in total. The number of hydrogen-bond donors (Lipinski definition) is 0. The number of carbonyl (C=O) groups is 2. The van der Waals surface area contributed by atoms with Crippen molar-refractivity contribution in [2.45, 2.75) is 0 Å². The lowest BCUT2D eigenvalue weighted by Crippen LogP contribution is -2.49. The number of carbonyl (C=O) groups excluding carboxylic acids is 2. The number of rotatable bonds is 7. The van der Waals surface area contributed by atoms with Crippen LogP contribution in [0.25, 0.3) is 0 Å². The van der Waals surface area contributed by atoms with Gasteiger partial charge in [-0.25, -0.2) is 0 Å². The molecule has 0 atom stereocenters. The van der Waals surface area contributed by atoms with Gasteiger partial charge in [-0.3, -0.25) is 14.5 Å². The van der Waals surface area contributed by atoms with E-state index in [2.05, 4.69) is 4.90 Å². The number of para-hydroxylation sites is 1. The van der Waals surface area contributed by atoms with Gasteiger partial charge in [0.05, 0.1) is 5.56 Å². The van der Waals surface area contributed by atoms with E-state index in [0.717, 1.165) is 25.4 Å². The number of nitrogens with zero attached hydrogens (tertiary/aromatic N) is 2. The van der Waals surface area contributed by atoms with Crippen molar-refractivity contribution < 1.29 is 14.3 Å². The molecule has 5 heteroatoms. The van der Waals surface area contributed by atoms with Gasteiger partial charge in [0.1, 0.15) is 12.4 Å². The van der Waals surface area contributed by atoms with Crippen LogP contribution in [0.1, 0.15) is 26.3 Å². The van der Waals surface area contributed by atoms with E-state index in [9.17, 15) is 9.59 Å². The summed E-state index contributed by atoms with van der Waals surface area (Å²) in [5, 5.41) is 0. The molecular formula is C26H26N2O3. The third-order valence-electron chi connectivity index (χ3n) is 5.52. The van der Waals surface area contributed by atoms with Gasteiger partial charge in [0.25, 0.3) is 5.91 Å². The summed E-state index contributed by atoms with van der Waals surface area (Å²) in [6, 6.07) is 26.0. The lowest BCUT2D eigenvalue weighted by molar-refractivity contribution is 0.0617. The maximum atomic E-state index is 13.2. The minimum Gasteiger partial charge on any atom is -0.492 e. The van der Waals surface area contributed by atoms with E-state index >= 15 is 0 Å². The number of hydrogen-bond acceptors (Lipinski definition) is 4. The molecule has 1 saturated heterocycles. The van der Waals surface area contributed by atoms with Crippen LogP contribution in [0.15, 0.2) is 84.9 Å². The second-order valence-corrected chi connectivity index (χ2v) is 7.54. The van der Waals surface area contributed by atoms with E-state index in [1.807, 2.05) is 59.5 Å². The quantitative estimate of drug-likeness (QED) is 0.553. The minimum absolute atomic E-state index is 0.0833. The fourth-order valence-corrected chi connectivity index (χ4v) is 3.77. The van der Waals surface area contributed by atoms with Crippen LogP contribution in [-0.4, -0.2) is 60.8 Å². The largest absolute Gasteiger partial charge is 0.492 e. The van der Waals surface area contributed by atoms with Crippen molar-refractivity contribution in [3.63, 3.8) is 0 Å². The molecule has 0 unspecified atom stereocenters. The third kappa shape index (κ3) is 5.19. The Morgan fingerprint density at radius 2 is 1.29 bits per heavy atom. The van der Waals surface area contributed by atoms with Crippen molar-refractivity contribution in [1.29, 1.82) is 0 Å². The minimum atomic E-state index is -0.124. The van der Waals surface area contributed by atoms with Crippen molar-refractivity contribution in [3.8, 4) is 5.75 Å². The van der Waals surface area contributed by atoms with Gasteiger partial charge in [-0.2, -0.15) is 0 Å². The highest BCUT2D eigenvalue weighted by molar-refractivity contribution is 6.15. The molecule has 1 heterocycles. The van der Waals surface area contributed by atoms with Crippen molar-refractivity contribution >= 4 is 11.7 Å². The second-order valence-electron chi connectivity index (χ2n) is 7.54. The SMILES string of the molecule is O=C(c1ccccc1)c1ccccc1C(=O)N1CCN(CCOc2ccccc2)CC1. The van der Waals surface area contributed by atoms with Crippen LogP contribution < -0.4 is 4.74 Å². The summed E-state index contributed by atoms with van der Waals surface area (Å²) >= 11 is 0. The van der Waals surface area contributed by atoms with Gasteiger partial charge in [0.15, 0.2) is 5.78 Å². The van der Waals surface area contributed by atoms with Crippen molar-refractivity contribution in [2.24, 2.45) is 0 Å². The fraction of sp³-hybridized carbons (Fsp3) is 0.231. The average Bonchev–Trinajstić information content (AvgIpc) is 2.85. The highest BCUT2D eigenvalue weighted by Gasteiger charge is 2.25. The molecular weight excluding hydrogens is 388 g/mol. The van der Waals surface area contributed by atoms with Crippen LogP contribution in [0.2, 0.25) is 0 Å². The highest BCUT2D eigenvalue weighted by atomic mass is 16.5. The Bertz CT molecular complexity index is 1010. The third-order valence-corrected chi connectivity index (χ3v) is 5.52. The first-order chi connectivity index (χ1) is 15.2. The Morgan fingerprint density at radius 1 is 0.710 bits per heavy atom. The molecule has 31 heavy (non-hydrogen) atoms. The second kappa shape index (κ2) is 10.0. The Morgan fingerprint density at radius 3 is 1.97 bits per heavy atom. The van der Waals surface area contributed by atoms with Gasteiger partial charge in [-0.05, 0) is 18.2 Å². The molecule has 0 bridgehead atoms. The molecule has 0 radical (unpaired) electrons. The zero-order chi connectivity index (χ0) is 21.5. The van der Waals surface area contributed by atoms with Crippen LogP contribution >= 0.6 is 0 Å². The summed E-state index contributed by atoms with van der Waals surface area (Å²) < 4.78 is 5.78. The Kier molecular flexibility index (Phi) is 6.75. The topological polar surface area (TPSA) is 49.9 Å². The molecule has 0 aromatic heterocycles. The first-order valence-electron chi connectivity index (χ1n) is 10.6. The lowest BCUT2D eigenvalue weighted by atomic mass is 9.97. The summed E-state index contributed by atoms with van der Waals surface area (Å²) in [4.78, 5) is 30.3. The normalized spacial score (nSPS) is 14.3. The summed E-state index contributed by atoms with van der Waals surface area (Å²) in [5.41, 5.74) is 1.51. The van der Waals surface area contributed by atoms with Crippen LogP contribution in [0, 0.1) is 0 Å². The standard InChI is InChI=1S/C26H26N2O3/c29-25(21-9-3-1-4-10-21)23-13-7-8-14-24(23)26(30)28-17-15-27(16-18-28)19-20-31-22-11-5-2-6-12-22/h1-14H,15-20H2.